The van der Waals surface area contributed by atoms with Crippen LogP contribution in [0.15, 0.2) is 42.5 Å². The Bertz CT molecular complexity index is 716. The molecule has 24 heavy (non-hydrogen) atoms. The van der Waals surface area contributed by atoms with Gasteiger partial charge in [-0.05, 0) is 34.2 Å². The first-order chi connectivity index (χ1) is 11.8. The number of fused-ring (bicyclic) bond motifs is 3. The first kappa shape index (κ1) is 16.5. The van der Waals surface area contributed by atoms with Crippen LogP contribution in [0.3, 0.4) is 0 Å². The number of carbonyl (C=O) groups excluding carboxylic acids is 1. The van der Waals surface area contributed by atoms with Crippen molar-refractivity contribution in [1.29, 1.82) is 0 Å². The van der Waals surface area contributed by atoms with Crippen molar-refractivity contribution in [3.05, 3.63) is 59.2 Å². The summed E-state index contributed by atoms with van der Waals surface area (Å²) >= 11 is 0. The second-order valence-electron chi connectivity index (χ2n) is 5.63. The monoisotopic (exact) mass is 326 g/mol. The van der Waals surface area contributed by atoms with Gasteiger partial charge in [0.2, 0.25) is 0 Å². The zero-order chi connectivity index (χ0) is 16.8. The number of hydrogen-bond acceptors (Lipinski definition) is 4. The van der Waals surface area contributed by atoms with Gasteiger partial charge in [0.15, 0.2) is 0 Å². The molecule has 0 atom stereocenters. The first-order valence-electron chi connectivity index (χ1n) is 8.24. The molecule has 0 radical (unpaired) electrons. The molecule has 0 aliphatic heterocycles. The Balaban J connectivity index is 1.55. The average Bonchev–Trinajstić information content (AvgIpc) is 2.99. The van der Waals surface area contributed by atoms with Crippen LogP contribution in [0.1, 0.15) is 23.6 Å². The van der Waals surface area contributed by atoms with Crippen LogP contribution in [-0.4, -0.2) is 25.8 Å². The zero-order valence-corrected chi connectivity index (χ0v) is 13.8. The molecule has 126 valence electrons. The van der Waals surface area contributed by atoms with Gasteiger partial charge in [-0.3, -0.25) is 4.84 Å². The van der Waals surface area contributed by atoms with Crippen molar-refractivity contribution in [1.82, 2.24) is 10.8 Å². The smallest absolute Gasteiger partial charge is 0.407 e. The summed E-state index contributed by atoms with van der Waals surface area (Å²) in [6.45, 7) is 3.75. The van der Waals surface area contributed by atoms with Gasteiger partial charge in [-0.25, -0.2) is 10.3 Å². The van der Waals surface area contributed by atoms with Gasteiger partial charge in [-0.1, -0.05) is 49.4 Å². The Kier molecular flexibility index (Phi) is 5.46. The third-order valence-corrected chi connectivity index (χ3v) is 4.03. The van der Waals surface area contributed by atoms with Gasteiger partial charge < -0.3 is 10.1 Å². The van der Waals surface area contributed by atoms with Crippen molar-refractivity contribution in [2.75, 3.05) is 19.7 Å². The molecule has 0 bridgehead atoms. The van der Waals surface area contributed by atoms with Gasteiger partial charge in [-0.15, -0.1) is 0 Å². The number of nitrogens with one attached hydrogen (secondary N) is 2. The van der Waals surface area contributed by atoms with E-state index in [0.29, 0.717) is 13.2 Å². The molecule has 2 aromatic carbocycles. The van der Waals surface area contributed by atoms with Crippen molar-refractivity contribution in [3.63, 3.8) is 0 Å². The molecule has 2 aromatic rings. The normalized spacial score (nSPS) is 11.7. The molecule has 1 aliphatic rings. The van der Waals surface area contributed by atoms with Crippen LogP contribution < -0.4 is 10.8 Å². The molecule has 2 N–H and O–H groups in total. The minimum atomic E-state index is -0.428. The summed E-state index contributed by atoms with van der Waals surface area (Å²) in [5.74, 6) is 0. The fourth-order valence-electron chi connectivity index (χ4n) is 2.93. The summed E-state index contributed by atoms with van der Waals surface area (Å²) in [7, 11) is 0. The van der Waals surface area contributed by atoms with Crippen molar-refractivity contribution < 1.29 is 14.4 Å². The fourth-order valence-corrected chi connectivity index (χ4v) is 2.93. The summed E-state index contributed by atoms with van der Waals surface area (Å²) in [5, 5.41) is 2.67. The lowest BCUT2D eigenvalue weighted by molar-refractivity contribution is 0.0455. The van der Waals surface area contributed by atoms with Crippen molar-refractivity contribution in [3.8, 4) is 11.1 Å². The summed E-state index contributed by atoms with van der Waals surface area (Å²) in [6, 6.07) is 14.6. The SMILES string of the molecule is CCNOCCNC(=O)OCc1cccc2c1Cc1ccccc1-2. The maximum atomic E-state index is 11.8. The van der Waals surface area contributed by atoms with E-state index in [1.165, 1.54) is 22.3 Å². The molecule has 1 aliphatic carbocycles. The van der Waals surface area contributed by atoms with Crippen molar-refractivity contribution >= 4 is 6.09 Å². The van der Waals surface area contributed by atoms with Crippen LogP contribution in [0.4, 0.5) is 4.79 Å². The van der Waals surface area contributed by atoms with E-state index in [-0.39, 0.29) is 6.61 Å². The average molecular weight is 326 g/mol. The molecule has 0 saturated carbocycles. The minimum absolute atomic E-state index is 0.275. The Morgan fingerprint density at radius 1 is 1.12 bits per heavy atom. The Morgan fingerprint density at radius 3 is 2.83 bits per heavy atom. The third kappa shape index (κ3) is 3.75. The predicted octanol–water partition coefficient (Wildman–Crippen LogP) is 3.03. The van der Waals surface area contributed by atoms with Gasteiger partial charge >= 0.3 is 6.09 Å². The second-order valence-corrected chi connectivity index (χ2v) is 5.63. The summed E-state index contributed by atoms with van der Waals surface area (Å²) in [4.78, 5) is 16.8. The van der Waals surface area contributed by atoms with Gasteiger partial charge in [0.25, 0.3) is 0 Å². The van der Waals surface area contributed by atoms with E-state index in [4.69, 9.17) is 9.57 Å². The van der Waals surface area contributed by atoms with Crippen LogP contribution in [0, 0.1) is 0 Å². The highest BCUT2D eigenvalue weighted by Gasteiger charge is 2.20. The highest BCUT2D eigenvalue weighted by atomic mass is 16.6. The fraction of sp³-hybridized carbons (Fsp3) is 0.316. The van der Waals surface area contributed by atoms with E-state index in [1.54, 1.807) is 0 Å². The molecule has 0 aromatic heterocycles. The number of carbonyl (C=O) groups is 1. The van der Waals surface area contributed by atoms with Gasteiger partial charge in [-0.2, -0.15) is 0 Å². The first-order valence-corrected chi connectivity index (χ1v) is 8.24. The molecule has 0 heterocycles. The lowest BCUT2D eigenvalue weighted by Gasteiger charge is -2.10. The summed E-state index contributed by atoms with van der Waals surface area (Å²) in [6.07, 6.45) is 0.464. The number of hydrogen-bond donors (Lipinski definition) is 2. The van der Waals surface area contributed by atoms with E-state index in [0.717, 1.165) is 18.5 Å². The van der Waals surface area contributed by atoms with Gasteiger partial charge in [0, 0.05) is 13.1 Å². The lowest BCUT2D eigenvalue weighted by Crippen LogP contribution is -2.29. The van der Waals surface area contributed by atoms with Crippen molar-refractivity contribution in [2.45, 2.75) is 20.0 Å². The maximum absolute atomic E-state index is 11.8. The van der Waals surface area contributed by atoms with E-state index in [1.807, 2.05) is 19.1 Å². The number of rotatable bonds is 7. The standard InChI is InChI=1S/C19H22N2O3/c1-2-21-24-11-10-20-19(22)23-13-15-7-5-9-17-16-8-4-3-6-14(16)12-18(15)17/h3-9,21H,2,10-13H2,1H3,(H,20,22). The molecule has 0 fully saturated rings. The molecule has 1 amide bonds. The molecular weight excluding hydrogens is 304 g/mol. The van der Waals surface area contributed by atoms with E-state index in [2.05, 4.69) is 41.1 Å². The molecule has 3 rings (SSSR count). The summed E-state index contributed by atoms with van der Waals surface area (Å²) < 4.78 is 5.33. The Labute approximate surface area is 141 Å². The van der Waals surface area contributed by atoms with Crippen LogP contribution in [0.25, 0.3) is 11.1 Å². The predicted molar refractivity (Wildman–Crippen MR) is 92.5 cm³/mol. The number of alkyl carbamates (subject to hydrolysis) is 1. The van der Waals surface area contributed by atoms with Crippen LogP contribution in [-0.2, 0) is 22.6 Å². The Hall–Kier alpha value is -2.37. The highest BCUT2D eigenvalue weighted by molar-refractivity contribution is 5.78. The minimum Gasteiger partial charge on any atom is -0.445 e. The highest BCUT2D eigenvalue weighted by Crippen LogP contribution is 2.38. The molecular formula is C19H22N2O3. The third-order valence-electron chi connectivity index (χ3n) is 4.03. The lowest BCUT2D eigenvalue weighted by atomic mass is 10.0. The number of amides is 1. The topological polar surface area (TPSA) is 59.6 Å². The maximum Gasteiger partial charge on any atom is 0.407 e. The van der Waals surface area contributed by atoms with Gasteiger partial charge in [0.1, 0.15) is 6.61 Å². The van der Waals surface area contributed by atoms with E-state index < -0.39 is 6.09 Å². The van der Waals surface area contributed by atoms with Crippen molar-refractivity contribution in [2.24, 2.45) is 0 Å². The van der Waals surface area contributed by atoms with Crippen LogP contribution in [0.5, 0.6) is 0 Å². The zero-order valence-electron chi connectivity index (χ0n) is 13.8. The van der Waals surface area contributed by atoms with E-state index >= 15 is 0 Å². The summed E-state index contributed by atoms with van der Waals surface area (Å²) in [5.41, 5.74) is 8.88. The molecule has 0 saturated heterocycles. The van der Waals surface area contributed by atoms with Gasteiger partial charge in [0.05, 0.1) is 6.61 Å². The molecule has 5 nitrogen and oxygen atoms in total. The second kappa shape index (κ2) is 7.95. The Morgan fingerprint density at radius 2 is 1.96 bits per heavy atom. The molecule has 0 unspecified atom stereocenters. The number of hydroxylamine groups is 1. The number of benzene rings is 2. The molecule has 5 heteroatoms. The number of ether oxygens (including phenoxy) is 1. The van der Waals surface area contributed by atoms with E-state index in [9.17, 15) is 4.79 Å². The van der Waals surface area contributed by atoms with Crippen LogP contribution in [0.2, 0.25) is 0 Å². The largest absolute Gasteiger partial charge is 0.445 e. The molecule has 0 spiro atoms. The quantitative estimate of drug-likeness (QED) is 0.517. The van der Waals surface area contributed by atoms with Crippen LogP contribution >= 0.6 is 0 Å².